The van der Waals surface area contributed by atoms with E-state index >= 15 is 0 Å². The molecule has 2 fully saturated rings. The summed E-state index contributed by atoms with van der Waals surface area (Å²) in [7, 11) is 1.68. The molecule has 1 aromatic carbocycles. The van der Waals surface area contributed by atoms with Gasteiger partial charge in [-0.3, -0.25) is 14.6 Å². The molecule has 33 heavy (non-hydrogen) atoms. The first-order valence-corrected chi connectivity index (χ1v) is 12.8. The Labute approximate surface area is 200 Å². The number of nitrogens with zero attached hydrogens (tertiary/aromatic N) is 2. The lowest BCUT2D eigenvalue weighted by Crippen LogP contribution is -2.56. The molecule has 0 bridgehead atoms. The van der Waals surface area contributed by atoms with Gasteiger partial charge in [-0.15, -0.1) is 11.3 Å². The number of hydrogen-bond acceptors (Lipinski definition) is 5. The molecule has 1 unspecified atom stereocenters. The fourth-order valence-electron chi connectivity index (χ4n) is 5.32. The van der Waals surface area contributed by atoms with E-state index in [1.807, 2.05) is 23.6 Å². The van der Waals surface area contributed by atoms with Gasteiger partial charge < -0.3 is 10.1 Å². The Morgan fingerprint density at radius 3 is 2.48 bits per heavy atom. The van der Waals surface area contributed by atoms with Crippen LogP contribution in [0.25, 0.3) is 0 Å². The fourth-order valence-corrected chi connectivity index (χ4v) is 6.02. The van der Waals surface area contributed by atoms with E-state index in [1.165, 1.54) is 15.3 Å². The van der Waals surface area contributed by atoms with Crippen LogP contribution in [-0.2, 0) is 17.8 Å². The summed E-state index contributed by atoms with van der Waals surface area (Å²) in [6.07, 6.45) is 3.23. The molecule has 1 aromatic heterocycles. The minimum absolute atomic E-state index is 0.0219. The van der Waals surface area contributed by atoms with E-state index in [0.29, 0.717) is 18.9 Å². The second-order valence-electron chi connectivity index (χ2n) is 9.68. The maximum Gasteiger partial charge on any atom is 0.325 e. The monoisotopic (exact) mass is 469 g/mol. The number of ether oxygens (including phenoxy) is 1. The van der Waals surface area contributed by atoms with E-state index in [9.17, 15) is 9.59 Å². The van der Waals surface area contributed by atoms with Crippen molar-refractivity contribution in [3.63, 3.8) is 0 Å². The van der Waals surface area contributed by atoms with Crippen LogP contribution in [0.1, 0.15) is 43.6 Å². The molecule has 2 aromatic rings. The van der Waals surface area contributed by atoms with Gasteiger partial charge in [-0.25, -0.2) is 4.79 Å². The van der Waals surface area contributed by atoms with E-state index < -0.39 is 5.54 Å². The van der Waals surface area contributed by atoms with Crippen LogP contribution in [-0.4, -0.2) is 54.0 Å². The summed E-state index contributed by atoms with van der Waals surface area (Å²) in [6.45, 7) is 7.45. The van der Waals surface area contributed by atoms with Crippen LogP contribution in [0, 0.1) is 11.8 Å². The zero-order chi connectivity index (χ0) is 23.4. The molecule has 6 nitrogen and oxygen atoms in total. The molecule has 2 saturated heterocycles. The Morgan fingerprint density at radius 1 is 1.15 bits per heavy atom. The Balaban J connectivity index is 1.41. The highest BCUT2D eigenvalue weighted by atomic mass is 32.1. The number of methoxy groups -OCH3 is 1. The number of nitrogens with one attached hydrogen (secondary N) is 1. The van der Waals surface area contributed by atoms with Crippen LogP contribution < -0.4 is 10.1 Å². The molecule has 4 rings (SSSR count). The van der Waals surface area contributed by atoms with Crippen molar-refractivity contribution >= 4 is 23.3 Å². The lowest BCUT2D eigenvalue weighted by atomic mass is 9.73. The second kappa shape index (κ2) is 10.3. The van der Waals surface area contributed by atoms with E-state index in [2.05, 4.69) is 42.3 Å². The predicted molar refractivity (Wildman–Crippen MR) is 131 cm³/mol. The molecule has 0 saturated carbocycles. The van der Waals surface area contributed by atoms with Crippen LogP contribution in [0.3, 0.4) is 0 Å². The van der Waals surface area contributed by atoms with Crippen molar-refractivity contribution in [3.05, 3.63) is 52.2 Å². The van der Waals surface area contributed by atoms with Crippen molar-refractivity contribution in [2.45, 2.75) is 51.6 Å². The zero-order valence-electron chi connectivity index (χ0n) is 19.9. The van der Waals surface area contributed by atoms with Crippen molar-refractivity contribution in [1.29, 1.82) is 0 Å². The molecule has 1 N–H and O–H groups in total. The minimum atomic E-state index is -0.771. The van der Waals surface area contributed by atoms with Crippen molar-refractivity contribution < 1.29 is 14.3 Å². The Kier molecular flexibility index (Phi) is 7.39. The summed E-state index contributed by atoms with van der Waals surface area (Å²) < 4.78 is 5.26. The number of imide groups is 1. The van der Waals surface area contributed by atoms with Gasteiger partial charge in [0.2, 0.25) is 0 Å². The van der Waals surface area contributed by atoms with Crippen LogP contribution in [0.15, 0.2) is 41.8 Å². The fraction of sp³-hybridized carbons (Fsp3) is 0.538. The van der Waals surface area contributed by atoms with Gasteiger partial charge in [0.05, 0.1) is 7.11 Å². The predicted octanol–water partition coefficient (Wildman–Crippen LogP) is 4.55. The summed E-state index contributed by atoms with van der Waals surface area (Å²) in [5.41, 5.74) is 0.489. The van der Waals surface area contributed by atoms with Crippen LogP contribution in [0.2, 0.25) is 0 Å². The molecular formula is C26H35N3O3S. The quantitative estimate of drug-likeness (QED) is 0.548. The van der Waals surface area contributed by atoms with E-state index in [-0.39, 0.29) is 17.9 Å². The molecule has 0 aliphatic carbocycles. The summed E-state index contributed by atoms with van der Waals surface area (Å²) in [5, 5.41) is 5.22. The van der Waals surface area contributed by atoms with Crippen LogP contribution >= 0.6 is 11.3 Å². The largest absolute Gasteiger partial charge is 0.497 e. The molecular weight excluding hydrogens is 434 g/mol. The number of likely N-dealkylation sites (tertiary alicyclic amines) is 1. The van der Waals surface area contributed by atoms with Crippen LogP contribution in [0.4, 0.5) is 4.79 Å². The third kappa shape index (κ3) is 5.25. The average molecular weight is 470 g/mol. The van der Waals surface area contributed by atoms with Gasteiger partial charge in [0.25, 0.3) is 5.91 Å². The summed E-state index contributed by atoms with van der Waals surface area (Å²) in [6, 6.07) is 12.1. The first kappa shape index (κ1) is 23.8. The van der Waals surface area contributed by atoms with Gasteiger partial charge in [0, 0.05) is 18.0 Å². The standard InChI is InChI=1S/C26H35N3O3S/c1-19(2)17-26(24(30)29(25(31)27-26)15-12-23-5-4-16-33-23)21-10-13-28(14-11-21)18-20-6-8-22(32-3)9-7-20/h4-9,16,19,21H,10-15,17-18H2,1-3H3,(H,27,31). The highest BCUT2D eigenvalue weighted by Gasteiger charge is 2.55. The molecule has 3 heterocycles. The summed E-state index contributed by atoms with van der Waals surface area (Å²) in [5.74, 6) is 1.33. The van der Waals surface area contributed by atoms with E-state index in [4.69, 9.17) is 4.74 Å². The minimum Gasteiger partial charge on any atom is -0.497 e. The molecule has 7 heteroatoms. The smallest absolute Gasteiger partial charge is 0.325 e. The van der Waals surface area contributed by atoms with Gasteiger partial charge in [0.1, 0.15) is 11.3 Å². The number of hydrogen-bond donors (Lipinski definition) is 1. The number of thiophene rings is 1. The molecule has 0 radical (unpaired) electrons. The molecule has 1 atom stereocenters. The van der Waals surface area contributed by atoms with Crippen LogP contribution in [0.5, 0.6) is 5.75 Å². The van der Waals surface area contributed by atoms with E-state index in [0.717, 1.165) is 44.6 Å². The molecule has 3 amide bonds. The SMILES string of the molecule is COc1ccc(CN2CCC(C3(CC(C)C)NC(=O)N(CCc4cccs4)C3=O)CC2)cc1. The van der Waals surface area contributed by atoms with Gasteiger partial charge in [-0.1, -0.05) is 32.0 Å². The molecule has 2 aliphatic rings. The van der Waals surface area contributed by atoms with Crippen molar-refractivity contribution in [2.24, 2.45) is 11.8 Å². The summed E-state index contributed by atoms with van der Waals surface area (Å²) >= 11 is 1.67. The van der Waals surface area contributed by atoms with E-state index in [1.54, 1.807) is 18.4 Å². The lowest BCUT2D eigenvalue weighted by Gasteiger charge is -2.41. The first-order chi connectivity index (χ1) is 15.9. The highest BCUT2D eigenvalue weighted by Crippen LogP contribution is 2.38. The number of carbonyl (C=O) groups excluding carboxylic acids is 2. The first-order valence-electron chi connectivity index (χ1n) is 11.9. The van der Waals surface area contributed by atoms with Crippen molar-refractivity contribution in [1.82, 2.24) is 15.1 Å². The number of amides is 3. The number of rotatable bonds is 9. The van der Waals surface area contributed by atoms with Gasteiger partial charge in [0.15, 0.2) is 0 Å². The zero-order valence-corrected chi connectivity index (χ0v) is 20.7. The Bertz CT molecular complexity index is 936. The van der Waals surface area contributed by atoms with Gasteiger partial charge >= 0.3 is 6.03 Å². The molecule has 0 spiro atoms. The van der Waals surface area contributed by atoms with Crippen molar-refractivity contribution in [3.8, 4) is 5.75 Å². The Morgan fingerprint density at radius 2 is 1.88 bits per heavy atom. The lowest BCUT2D eigenvalue weighted by molar-refractivity contribution is -0.134. The van der Waals surface area contributed by atoms with Gasteiger partial charge in [-0.05, 0) is 79.8 Å². The second-order valence-corrected chi connectivity index (χ2v) is 10.7. The topological polar surface area (TPSA) is 61.9 Å². The maximum atomic E-state index is 13.7. The average Bonchev–Trinajstić information content (AvgIpc) is 3.40. The maximum absolute atomic E-state index is 13.7. The highest BCUT2D eigenvalue weighted by molar-refractivity contribution is 7.09. The number of carbonyl (C=O) groups is 2. The number of urea groups is 1. The number of piperidine rings is 1. The number of benzene rings is 1. The molecule has 178 valence electrons. The Hall–Kier alpha value is -2.38. The normalized spacial score (nSPS) is 22.2. The summed E-state index contributed by atoms with van der Waals surface area (Å²) in [4.78, 5) is 31.7. The van der Waals surface area contributed by atoms with Crippen molar-refractivity contribution in [2.75, 3.05) is 26.7 Å². The third-order valence-corrected chi connectivity index (χ3v) is 7.88. The third-order valence-electron chi connectivity index (χ3n) is 6.94. The van der Waals surface area contributed by atoms with Gasteiger partial charge in [-0.2, -0.15) is 0 Å². The molecule has 2 aliphatic heterocycles.